The van der Waals surface area contributed by atoms with Crippen LogP contribution in [0.1, 0.15) is 26.1 Å². The first-order valence-electron chi connectivity index (χ1n) is 6.12. The Kier molecular flexibility index (Phi) is 3.69. The Bertz CT molecular complexity index is 631. The third-order valence-corrected chi connectivity index (χ3v) is 2.63. The van der Waals surface area contributed by atoms with Crippen LogP contribution in [0.25, 0.3) is 11.0 Å². The molecule has 2 N–H and O–H groups in total. The second-order valence-corrected chi connectivity index (χ2v) is 4.96. The van der Waals surface area contributed by atoms with Crippen LogP contribution < -0.4 is 5.32 Å². The van der Waals surface area contributed by atoms with Gasteiger partial charge < -0.3 is 10.3 Å². The third kappa shape index (κ3) is 3.28. The van der Waals surface area contributed by atoms with E-state index in [4.69, 9.17) is 0 Å². The molecule has 2 rings (SSSR count). The molecule has 4 nitrogen and oxygen atoms in total. The lowest BCUT2D eigenvalue weighted by Gasteiger charge is -2.06. The monoisotopic (exact) mass is 285 g/mol. The molecule has 20 heavy (non-hydrogen) atoms. The predicted molar refractivity (Wildman–Crippen MR) is 69.2 cm³/mol. The predicted octanol–water partition coefficient (Wildman–Crippen LogP) is 3.57. The molecule has 108 valence electrons. The number of amides is 1. The maximum atomic E-state index is 12.5. The van der Waals surface area contributed by atoms with Gasteiger partial charge in [-0.05, 0) is 24.1 Å². The highest BCUT2D eigenvalue weighted by molar-refractivity contribution is 5.93. The lowest BCUT2D eigenvalue weighted by atomic mass is 10.1. The zero-order valence-corrected chi connectivity index (χ0v) is 11.0. The summed E-state index contributed by atoms with van der Waals surface area (Å²) in [6, 6.07) is 4.41. The molecular weight excluding hydrogens is 271 g/mol. The number of hydrogen-bond acceptors (Lipinski definition) is 2. The number of imidazole rings is 1. The maximum Gasteiger partial charge on any atom is 0.449 e. The summed E-state index contributed by atoms with van der Waals surface area (Å²) in [4.78, 5) is 17.3. The van der Waals surface area contributed by atoms with Crippen LogP contribution in [0.15, 0.2) is 18.2 Å². The number of nitrogens with zero attached hydrogens (tertiary/aromatic N) is 1. The first-order valence-corrected chi connectivity index (χ1v) is 6.12. The van der Waals surface area contributed by atoms with E-state index in [1.54, 1.807) is 0 Å². The summed E-state index contributed by atoms with van der Waals surface area (Å²) in [5, 5.41) is 2.65. The van der Waals surface area contributed by atoms with Gasteiger partial charge in [0.25, 0.3) is 0 Å². The van der Waals surface area contributed by atoms with Crippen molar-refractivity contribution in [2.45, 2.75) is 26.4 Å². The number of hydrogen-bond donors (Lipinski definition) is 2. The van der Waals surface area contributed by atoms with Gasteiger partial charge in [-0.3, -0.25) is 4.79 Å². The number of benzene rings is 1. The standard InChI is InChI=1S/C13H14F3N3O/c1-7(2)5-11(20)17-8-3-4-9-10(6-8)19-12(18-9)13(14,15)16/h3-4,6-7H,5H2,1-2H3,(H,17,20)(H,18,19). The van der Waals surface area contributed by atoms with Crippen LogP contribution in [0, 0.1) is 5.92 Å². The van der Waals surface area contributed by atoms with E-state index in [-0.39, 0.29) is 22.9 Å². The van der Waals surface area contributed by atoms with Crippen LogP contribution in [-0.4, -0.2) is 15.9 Å². The zero-order chi connectivity index (χ0) is 14.9. The normalized spacial score (nSPS) is 12.1. The summed E-state index contributed by atoms with van der Waals surface area (Å²) in [5.74, 6) is -1.00. The van der Waals surface area contributed by atoms with Gasteiger partial charge in [-0.1, -0.05) is 13.8 Å². The van der Waals surface area contributed by atoms with Crippen molar-refractivity contribution in [1.82, 2.24) is 9.97 Å². The molecule has 1 aromatic heterocycles. The number of alkyl halides is 3. The van der Waals surface area contributed by atoms with Gasteiger partial charge in [0.15, 0.2) is 0 Å². The number of carbonyl (C=O) groups is 1. The maximum absolute atomic E-state index is 12.5. The topological polar surface area (TPSA) is 57.8 Å². The van der Waals surface area contributed by atoms with Crippen LogP contribution in [-0.2, 0) is 11.0 Å². The average molecular weight is 285 g/mol. The lowest BCUT2D eigenvalue weighted by molar-refractivity contribution is -0.144. The molecule has 2 aromatic rings. The molecule has 0 bridgehead atoms. The quantitative estimate of drug-likeness (QED) is 0.905. The summed E-state index contributed by atoms with van der Waals surface area (Å²) in [7, 11) is 0. The summed E-state index contributed by atoms with van der Waals surface area (Å²) < 4.78 is 37.6. The molecule has 7 heteroatoms. The minimum absolute atomic E-state index is 0.171. The van der Waals surface area contributed by atoms with E-state index in [9.17, 15) is 18.0 Å². The van der Waals surface area contributed by atoms with Gasteiger partial charge in [0.2, 0.25) is 11.7 Å². The first-order chi connectivity index (χ1) is 9.25. The molecule has 0 radical (unpaired) electrons. The fourth-order valence-corrected chi connectivity index (χ4v) is 1.80. The number of halogens is 3. The smallest absolute Gasteiger partial charge is 0.334 e. The highest BCUT2D eigenvalue weighted by Gasteiger charge is 2.34. The fourth-order valence-electron chi connectivity index (χ4n) is 1.80. The second-order valence-electron chi connectivity index (χ2n) is 4.96. The zero-order valence-electron chi connectivity index (χ0n) is 11.0. The van der Waals surface area contributed by atoms with Crippen LogP contribution >= 0.6 is 0 Å². The summed E-state index contributed by atoms with van der Waals surface area (Å²) in [6.07, 6.45) is -4.16. The Labute approximate surface area is 113 Å². The van der Waals surface area contributed by atoms with Crippen LogP contribution in [0.5, 0.6) is 0 Å². The molecule has 0 unspecified atom stereocenters. The second kappa shape index (κ2) is 5.15. The molecule has 0 atom stereocenters. The molecule has 0 spiro atoms. The van der Waals surface area contributed by atoms with Gasteiger partial charge >= 0.3 is 6.18 Å². The van der Waals surface area contributed by atoms with Crippen molar-refractivity contribution in [3.8, 4) is 0 Å². The highest BCUT2D eigenvalue weighted by atomic mass is 19.4. The highest BCUT2D eigenvalue weighted by Crippen LogP contribution is 2.29. The van der Waals surface area contributed by atoms with E-state index < -0.39 is 12.0 Å². The largest absolute Gasteiger partial charge is 0.449 e. The number of rotatable bonds is 3. The number of fused-ring (bicyclic) bond motifs is 1. The molecule has 1 heterocycles. The molecule has 0 saturated carbocycles. The number of aromatic nitrogens is 2. The van der Waals surface area contributed by atoms with E-state index in [0.29, 0.717) is 12.1 Å². The summed E-state index contributed by atoms with van der Waals surface area (Å²) in [6.45, 7) is 3.82. The minimum atomic E-state index is -4.51. The molecule has 0 aliphatic heterocycles. The summed E-state index contributed by atoms with van der Waals surface area (Å²) in [5.41, 5.74) is 0.888. The van der Waals surface area contributed by atoms with E-state index in [1.807, 2.05) is 13.8 Å². The van der Waals surface area contributed by atoms with Gasteiger partial charge in [-0.25, -0.2) is 4.98 Å². The molecule has 1 amide bonds. The fraction of sp³-hybridized carbons (Fsp3) is 0.385. The Morgan fingerprint density at radius 3 is 2.70 bits per heavy atom. The first kappa shape index (κ1) is 14.4. The number of aromatic amines is 1. The van der Waals surface area contributed by atoms with Crippen molar-refractivity contribution in [2.24, 2.45) is 5.92 Å². The Morgan fingerprint density at radius 1 is 1.40 bits per heavy atom. The molecule has 0 saturated heterocycles. The molecule has 0 aliphatic carbocycles. The van der Waals surface area contributed by atoms with Crippen molar-refractivity contribution in [3.63, 3.8) is 0 Å². The Hall–Kier alpha value is -2.05. The van der Waals surface area contributed by atoms with Gasteiger partial charge in [0, 0.05) is 12.1 Å². The van der Waals surface area contributed by atoms with E-state index in [0.717, 1.165) is 0 Å². The summed E-state index contributed by atoms with van der Waals surface area (Å²) >= 11 is 0. The number of H-pyrrole nitrogens is 1. The van der Waals surface area contributed by atoms with Gasteiger partial charge in [-0.2, -0.15) is 13.2 Å². The van der Waals surface area contributed by atoms with E-state index in [1.165, 1.54) is 18.2 Å². The SMILES string of the molecule is CC(C)CC(=O)Nc1ccc2nc(C(F)(F)F)[nH]c2c1. The number of anilines is 1. The lowest BCUT2D eigenvalue weighted by Crippen LogP contribution is -2.13. The van der Waals surface area contributed by atoms with Crippen molar-refractivity contribution in [3.05, 3.63) is 24.0 Å². The van der Waals surface area contributed by atoms with Gasteiger partial charge in [0.1, 0.15) is 0 Å². The van der Waals surface area contributed by atoms with Crippen molar-refractivity contribution >= 4 is 22.6 Å². The molecular formula is C13H14F3N3O. The van der Waals surface area contributed by atoms with Gasteiger partial charge in [0.05, 0.1) is 11.0 Å². The minimum Gasteiger partial charge on any atom is -0.334 e. The van der Waals surface area contributed by atoms with E-state index >= 15 is 0 Å². The average Bonchev–Trinajstić information content (AvgIpc) is 2.70. The van der Waals surface area contributed by atoms with Crippen molar-refractivity contribution in [1.29, 1.82) is 0 Å². The Morgan fingerprint density at radius 2 is 2.10 bits per heavy atom. The molecule has 0 aliphatic rings. The van der Waals surface area contributed by atoms with Crippen molar-refractivity contribution < 1.29 is 18.0 Å². The van der Waals surface area contributed by atoms with Crippen LogP contribution in [0.2, 0.25) is 0 Å². The van der Waals surface area contributed by atoms with Crippen molar-refractivity contribution in [2.75, 3.05) is 5.32 Å². The molecule has 0 fully saturated rings. The third-order valence-electron chi connectivity index (χ3n) is 2.63. The van der Waals surface area contributed by atoms with Gasteiger partial charge in [-0.15, -0.1) is 0 Å². The molecule has 1 aromatic carbocycles. The Balaban J connectivity index is 2.23. The number of carbonyl (C=O) groups excluding carboxylic acids is 1. The van der Waals surface area contributed by atoms with Crippen LogP contribution in [0.3, 0.4) is 0 Å². The number of nitrogens with one attached hydrogen (secondary N) is 2. The van der Waals surface area contributed by atoms with Crippen LogP contribution in [0.4, 0.5) is 18.9 Å². The van der Waals surface area contributed by atoms with E-state index in [2.05, 4.69) is 15.3 Å².